The molecule has 1 fully saturated rings. The fraction of sp³-hybridized carbons (Fsp3) is 0.500. The molecular weight excluding hydrogens is 370 g/mol. The normalized spacial score (nSPS) is 18.9. The highest BCUT2D eigenvalue weighted by molar-refractivity contribution is 6.32. The number of amides is 1. The van der Waals surface area contributed by atoms with E-state index in [0.29, 0.717) is 46.2 Å². The van der Waals surface area contributed by atoms with Gasteiger partial charge in [-0.1, -0.05) is 24.4 Å². The second-order valence-corrected chi connectivity index (χ2v) is 7.35. The molecule has 0 saturated heterocycles. The lowest BCUT2D eigenvalue weighted by Crippen LogP contribution is -2.36. The standard InChI is InChI=1S/C20H24ClNO5/c1-12-17(20(27-19(12)24)8-6-4-5-7-9-20)18(23)22-14-10-13(21)15(25-2)11-16(14)26-3/h10-11H,4-9H2,1-3H3,(H,22,23). The molecule has 1 amide bonds. The number of carbonyl (C=O) groups is 2. The number of hydrogen-bond acceptors (Lipinski definition) is 5. The molecule has 3 rings (SSSR count). The number of esters is 1. The molecule has 27 heavy (non-hydrogen) atoms. The van der Waals surface area contributed by atoms with Crippen LogP contribution in [0.4, 0.5) is 5.69 Å². The predicted octanol–water partition coefficient (Wildman–Crippen LogP) is 4.26. The Morgan fingerprint density at radius 3 is 2.33 bits per heavy atom. The summed E-state index contributed by atoms with van der Waals surface area (Å²) in [5, 5.41) is 3.19. The molecule has 2 aliphatic rings. The van der Waals surface area contributed by atoms with Crippen LogP contribution in [-0.4, -0.2) is 31.7 Å². The summed E-state index contributed by atoms with van der Waals surface area (Å²) in [6.45, 7) is 1.65. The summed E-state index contributed by atoms with van der Waals surface area (Å²) in [6.07, 6.45) is 5.34. The van der Waals surface area contributed by atoms with Crippen LogP contribution in [0.25, 0.3) is 0 Å². The van der Waals surface area contributed by atoms with E-state index in [0.717, 1.165) is 25.7 Å². The Bertz CT molecular complexity index is 794. The first kappa shape index (κ1) is 19.5. The van der Waals surface area contributed by atoms with Crippen molar-refractivity contribution in [2.75, 3.05) is 19.5 Å². The predicted molar refractivity (Wildman–Crippen MR) is 102 cm³/mol. The van der Waals surface area contributed by atoms with Gasteiger partial charge in [-0.15, -0.1) is 0 Å². The average molecular weight is 394 g/mol. The molecule has 1 saturated carbocycles. The number of ether oxygens (including phenoxy) is 3. The molecule has 1 aliphatic heterocycles. The first-order valence-corrected chi connectivity index (χ1v) is 9.47. The number of nitrogens with one attached hydrogen (secondary N) is 1. The van der Waals surface area contributed by atoms with Crippen LogP contribution in [0.15, 0.2) is 23.3 Å². The molecule has 1 spiro atoms. The molecule has 1 aromatic carbocycles. The van der Waals surface area contributed by atoms with Crippen molar-refractivity contribution >= 4 is 29.2 Å². The Kier molecular flexibility index (Phi) is 5.65. The maximum absolute atomic E-state index is 13.2. The Labute approximate surface area is 163 Å². The zero-order chi connectivity index (χ0) is 19.6. The van der Waals surface area contributed by atoms with Crippen LogP contribution in [0.3, 0.4) is 0 Å². The number of anilines is 1. The number of methoxy groups -OCH3 is 2. The van der Waals surface area contributed by atoms with Crippen molar-refractivity contribution in [1.82, 2.24) is 0 Å². The zero-order valence-corrected chi connectivity index (χ0v) is 16.6. The van der Waals surface area contributed by atoms with Gasteiger partial charge in [0.05, 0.1) is 30.5 Å². The Morgan fingerprint density at radius 2 is 1.74 bits per heavy atom. The Balaban J connectivity index is 1.95. The Hall–Kier alpha value is -2.21. The molecule has 146 valence electrons. The quantitative estimate of drug-likeness (QED) is 0.773. The van der Waals surface area contributed by atoms with E-state index in [9.17, 15) is 9.59 Å². The summed E-state index contributed by atoms with van der Waals surface area (Å²) >= 11 is 6.19. The van der Waals surface area contributed by atoms with Gasteiger partial charge in [0.15, 0.2) is 0 Å². The number of rotatable bonds is 4. The van der Waals surface area contributed by atoms with Crippen LogP contribution in [0.2, 0.25) is 5.02 Å². The summed E-state index contributed by atoms with van der Waals surface area (Å²) in [5.74, 6) is 0.0890. The first-order valence-electron chi connectivity index (χ1n) is 9.09. The number of benzene rings is 1. The van der Waals surface area contributed by atoms with E-state index in [1.807, 2.05) is 0 Å². The molecule has 0 radical (unpaired) electrons. The van der Waals surface area contributed by atoms with Gasteiger partial charge in [0.1, 0.15) is 17.1 Å². The molecule has 1 N–H and O–H groups in total. The van der Waals surface area contributed by atoms with Gasteiger partial charge in [0.2, 0.25) is 0 Å². The highest BCUT2D eigenvalue weighted by Crippen LogP contribution is 2.44. The summed E-state index contributed by atoms with van der Waals surface area (Å²) < 4.78 is 16.2. The lowest BCUT2D eigenvalue weighted by atomic mass is 9.84. The monoisotopic (exact) mass is 393 g/mol. The lowest BCUT2D eigenvalue weighted by molar-refractivity contribution is -0.148. The van der Waals surface area contributed by atoms with Crippen molar-refractivity contribution in [3.63, 3.8) is 0 Å². The van der Waals surface area contributed by atoms with E-state index < -0.39 is 11.6 Å². The third-order valence-corrected chi connectivity index (χ3v) is 5.58. The molecule has 7 heteroatoms. The maximum atomic E-state index is 13.2. The third kappa shape index (κ3) is 3.63. The van der Waals surface area contributed by atoms with Gasteiger partial charge in [0, 0.05) is 11.6 Å². The smallest absolute Gasteiger partial charge is 0.335 e. The SMILES string of the molecule is COc1cc(OC)c(NC(=O)C2=C(C)C(=O)OC23CCCCCC3)cc1Cl. The van der Waals surface area contributed by atoms with Crippen molar-refractivity contribution < 1.29 is 23.8 Å². The maximum Gasteiger partial charge on any atom is 0.335 e. The second kappa shape index (κ2) is 7.80. The topological polar surface area (TPSA) is 73.9 Å². The second-order valence-electron chi connectivity index (χ2n) is 6.94. The highest BCUT2D eigenvalue weighted by atomic mass is 35.5. The highest BCUT2D eigenvalue weighted by Gasteiger charge is 2.49. The van der Waals surface area contributed by atoms with E-state index in [1.54, 1.807) is 19.1 Å². The van der Waals surface area contributed by atoms with Gasteiger partial charge in [-0.25, -0.2) is 4.79 Å². The molecule has 0 aromatic heterocycles. The van der Waals surface area contributed by atoms with Gasteiger partial charge in [0.25, 0.3) is 5.91 Å². The van der Waals surface area contributed by atoms with E-state index >= 15 is 0 Å². The molecule has 1 aromatic rings. The minimum Gasteiger partial charge on any atom is -0.495 e. The largest absolute Gasteiger partial charge is 0.495 e. The molecule has 0 unspecified atom stereocenters. The molecule has 0 bridgehead atoms. The fourth-order valence-electron chi connectivity index (χ4n) is 3.92. The molecule has 1 aliphatic carbocycles. The molecule has 0 atom stereocenters. The van der Waals surface area contributed by atoms with E-state index in [2.05, 4.69) is 5.32 Å². The van der Waals surface area contributed by atoms with Crippen molar-refractivity contribution in [3.8, 4) is 11.5 Å². The van der Waals surface area contributed by atoms with E-state index in [-0.39, 0.29) is 5.91 Å². The summed E-state index contributed by atoms with van der Waals surface area (Å²) in [5.41, 5.74) is 0.374. The van der Waals surface area contributed by atoms with Crippen LogP contribution < -0.4 is 14.8 Å². The number of hydrogen-bond donors (Lipinski definition) is 1. The third-order valence-electron chi connectivity index (χ3n) is 5.29. The van der Waals surface area contributed by atoms with Gasteiger partial charge in [-0.3, -0.25) is 4.79 Å². The molecular formula is C20H24ClNO5. The average Bonchev–Trinajstić information content (AvgIpc) is 2.78. The molecule has 1 heterocycles. The van der Waals surface area contributed by atoms with Crippen molar-refractivity contribution in [1.29, 1.82) is 0 Å². The van der Waals surface area contributed by atoms with E-state index in [1.165, 1.54) is 14.2 Å². The van der Waals surface area contributed by atoms with Crippen LogP contribution >= 0.6 is 11.6 Å². The summed E-state index contributed by atoms with van der Waals surface area (Å²) in [6, 6.07) is 3.18. The van der Waals surface area contributed by atoms with Crippen molar-refractivity contribution in [2.24, 2.45) is 0 Å². The van der Waals surface area contributed by atoms with Crippen LogP contribution in [0.5, 0.6) is 11.5 Å². The minimum atomic E-state index is -0.828. The fourth-order valence-corrected chi connectivity index (χ4v) is 4.16. The first-order chi connectivity index (χ1) is 12.9. The van der Waals surface area contributed by atoms with E-state index in [4.69, 9.17) is 25.8 Å². The van der Waals surface area contributed by atoms with Crippen LogP contribution in [0.1, 0.15) is 45.4 Å². The van der Waals surface area contributed by atoms with Crippen LogP contribution in [-0.2, 0) is 14.3 Å². The summed E-state index contributed by atoms with van der Waals surface area (Å²) in [7, 11) is 3.00. The number of carbonyl (C=O) groups excluding carboxylic acids is 2. The van der Waals surface area contributed by atoms with Crippen molar-refractivity contribution in [2.45, 2.75) is 51.0 Å². The molecule has 6 nitrogen and oxygen atoms in total. The van der Waals surface area contributed by atoms with Crippen LogP contribution in [0, 0.1) is 0 Å². The van der Waals surface area contributed by atoms with Crippen molar-refractivity contribution in [3.05, 3.63) is 28.3 Å². The lowest BCUT2D eigenvalue weighted by Gasteiger charge is -2.29. The summed E-state index contributed by atoms with van der Waals surface area (Å²) in [4.78, 5) is 25.4. The zero-order valence-electron chi connectivity index (χ0n) is 15.8. The van der Waals surface area contributed by atoms with Gasteiger partial charge < -0.3 is 19.5 Å². The number of halogens is 1. The van der Waals surface area contributed by atoms with Gasteiger partial charge in [-0.2, -0.15) is 0 Å². The minimum absolute atomic E-state index is 0.349. The van der Waals surface area contributed by atoms with Gasteiger partial charge >= 0.3 is 5.97 Å². The van der Waals surface area contributed by atoms with Gasteiger partial charge in [-0.05, 0) is 38.7 Å². The Morgan fingerprint density at radius 1 is 1.11 bits per heavy atom.